The van der Waals surface area contributed by atoms with Crippen molar-refractivity contribution in [2.75, 3.05) is 6.54 Å². The smallest absolute Gasteiger partial charge is 0.255 e. The first kappa shape index (κ1) is 17.6. The zero-order valence-electron chi connectivity index (χ0n) is 14.7. The monoisotopic (exact) mass is 344 g/mol. The molecule has 0 bridgehead atoms. The predicted octanol–water partition coefficient (Wildman–Crippen LogP) is 1.18. The number of pyridine rings is 1. The molecule has 0 amide bonds. The van der Waals surface area contributed by atoms with Crippen LogP contribution in [0.25, 0.3) is 0 Å². The van der Waals surface area contributed by atoms with Gasteiger partial charge in [0.1, 0.15) is 11.6 Å². The van der Waals surface area contributed by atoms with E-state index in [1.807, 2.05) is 0 Å². The molecule has 0 saturated heterocycles. The average Bonchev–Trinajstić information content (AvgIpc) is 2.60. The summed E-state index contributed by atoms with van der Waals surface area (Å²) in [7, 11) is 0. The number of fused-ring (bicyclic) bond motifs is 1. The molecule has 0 saturated carbocycles. The highest BCUT2D eigenvalue weighted by Gasteiger charge is 2.23. The minimum atomic E-state index is -0.177. The molecule has 3 N–H and O–H groups in total. The van der Waals surface area contributed by atoms with E-state index in [0.717, 1.165) is 30.9 Å². The highest BCUT2D eigenvalue weighted by molar-refractivity contribution is 5.40. The Kier molecular flexibility index (Phi) is 5.15. The van der Waals surface area contributed by atoms with Gasteiger partial charge in [-0.3, -0.25) is 14.7 Å². The molecule has 2 aromatic heterocycles. The van der Waals surface area contributed by atoms with Crippen molar-refractivity contribution in [2.45, 2.75) is 52.8 Å². The summed E-state index contributed by atoms with van der Waals surface area (Å²) in [5, 5.41) is 19.8. The van der Waals surface area contributed by atoms with Crippen molar-refractivity contribution >= 4 is 0 Å². The third-order valence-electron chi connectivity index (χ3n) is 4.67. The van der Waals surface area contributed by atoms with E-state index in [4.69, 9.17) is 0 Å². The van der Waals surface area contributed by atoms with E-state index < -0.39 is 0 Å². The van der Waals surface area contributed by atoms with Gasteiger partial charge in [-0.05, 0) is 13.3 Å². The summed E-state index contributed by atoms with van der Waals surface area (Å²) in [6, 6.07) is 0. The van der Waals surface area contributed by atoms with Crippen LogP contribution in [0.15, 0.2) is 11.0 Å². The van der Waals surface area contributed by atoms with Gasteiger partial charge in [0.25, 0.3) is 5.56 Å². The molecule has 0 aromatic carbocycles. The molecule has 134 valence electrons. The van der Waals surface area contributed by atoms with Gasteiger partial charge >= 0.3 is 0 Å². The zero-order valence-corrected chi connectivity index (χ0v) is 14.7. The number of aromatic amines is 1. The van der Waals surface area contributed by atoms with Gasteiger partial charge in [0, 0.05) is 49.8 Å². The number of rotatable bonds is 5. The van der Waals surface area contributed by atoms with E-state index in [2.05, 4.69) is 26.8 Å². The maximum atomic E-state index is 12.4. The Morgan fingerprint density at radius 2 is 2.20 bits per heavy atom. The van der Waals surface area contributed by atoms with Crippen LogP contribution in [0.4, 0.5) is 0 Å². The number of aryl methyl sites for hydroxylation is 2. The Labute approximate surface area is 146 Å². The van der Waals surface area contributed by atoms with E-state index >= 15 is 0 Å². The number of hydrogen-bond donors (Lipinski definition) is 3. The molecule has 0 radical (unpaired) electrons. The van der Waals surface area contributed by atoms with Crippen molar-refractivity contribution in [1.29, 1.82) is 0 Å². The second-order valence-corrected chi connectivity index (χ2v) is 6.50. The van der Waals surface area contributed by atoms with E-state index in [9.17, 15) is 15.0 Å². The van der Waals surface area contributed by atoms with Crippen LogP contribution in [-0.2, 0) is 32.5 Å². The van der Waals surface area contributed by atoms with Crippen LogP contribution in [0.1, 0.15) is 47.2 Å². The highest BCUT2D eigenvalue weighted by Crippen LogP contribution is 2.27. The molecule has 1 aliphatic rings. The minimum Gasteiger partial charge on any atom is -0.506 e. The summed E-state index contributed by atoms with van der Waals surface area (Å²) in [5.74, 6) is 0.868. The van der Waals surface area contributed by atoms with Gasteiger partial charge in [-0.1, -0.05) is 6.92 Å². The summed E-state index contributed by atoms with van der Waals surface area (Å²) in [5.41, 5.74) is 3.32. The van der Waals surface area contributed by atoms with Gasteiger partial charge in [-0.25, -0.2) is 4.98 Å². The first-order valence-corrected chi connectivity index (χ1v) is 8.64. The summed E-state index contributed by atoms with van der Waals surface area (Å²) < 4.78 is 0. The largest absolute Gasteiger partial charge is 0.506 e. The molecule has 0 unspecified atom stereocenters. The molecule has 0 aliphatic carbocycles. The fourth-order valence-corrected chi connectivity index (χ4v) is 3.24. The van der Waals surface area contributed by atoms with E-state index in [1.54, 1.807) is 13.1 Å². The maximum absolute atomic E-state index is 12.4. The predicted molar refractivity (Wildman–Crippen MR) is 93.2 cm³/mol. The normalized spacial score (nSPS) is 14.5. The Hall–Kier alpha value is -2.25. The average molecular weight is 344 g/mol. The second kappa shape index (κ2) is 7.33. The van der Waals surface area contributed by atoms with Gasteiger partial charge in [0.2, 0.25) is 0 Å². The van der Waals surface area contributed by atoms with Gasteiger partial charge in [0.05, 0.1) is 23.6 Å². The lowest BCUT2D eigenvalue weighted by Gasteiger charge is -2.28. The molecule has 0 fully saturated rings. The molecule has 7 nitrogen and oxygen atoms in total. The topological polar surface area (TPSA) is 102 Å². The van der Waals surface area contributed by atoms with E-state index in [1.165, 1.54) is 0 Å². The van der Waals surface area contributed by atoms with Gasteiger partial charge in [-0.2, -0.15) is 0 Å². The van der Waals surface area contributed by atoms with Crippen LogP contribution in [0.3, 0.4) is 0 Å². The first-order valence-electron chi connectivity index (χ1n) is 8.64. The number of H-pyrrole nitrogens is 1. The van der Waals surface area contributed by atoms with Crippen LogP contribution in [-0.4, -0.2) is 36.6 Å². The summed E-state index contributed by atoms with van der Waals surface area (Å²) >= 11 is 0. The number of nitrogens with one attached hydrogen (secondary N) is 1. The lowest BCUT2D eigenvalue weighted by molar-refractivity contribution is 0.231. The standard InChI is InChI=1S/C18H24N4O3/c1-3-4-16-20-15-5-6-22(9-14(15)18(25)21-16)8-13-12(10-23)7-19-11(2)17(13)24/h7,23-24H,3-6,8-10H2,1-2H3,(H,20,21,25). The molecule has 2 aromatic rings. The van der Waals surface area contributed by atoms with Crippen molar-refractivity contribution in [3.8, 4) is 5.75 Å². The van der Waals surface area contributed by atoms with Crippen LogP contribution < -0.4 is 5.56 Å². The van der Waals surface area contributed by atoms with E-state index in [0.29, 0.717) is 41.9 Å². The quantitative estimate of drug-likeness (QED) is 0.753. The summed E-state index contributed by atoms with van der Waals surface area (Å²) in [6.45, 7) is 5.30. The number of aromatic nitrogens is 3. The molecule has 3 heterocycles. The highest BCUT2D eigenvalue weighted by atomic mass is 16.3. The Bertz CT molecular complexity index is 832. The third-order valence-corrected chi connectivity index (χ3v) is 4.67. The van der Waals surface area contributed by atoms with E-state index in [-0.39, 0.29) is 17.9 Å². The molecular formula is C18H24N4O3. The summed E-state index contributed by atoms with van der Waals surface area (Å²) in [6.07, 6.45) is 4.01. The van der Waals surface area contributed by atoms with Gasteiger partial charge < -0.3 is 15.2 Å². The van der Waals surface area contributed by atoms with Crippen LogP contribution in [0, 0.1) is 6.92 Å². The summed E-state index contributed by atoms with van der Waals surface area (Å²) in [4.78, 5) is 26.0. The molecule has 7 heteroatoms. The van der Waals surface area contributed by atoms with Crippen molar-refractivity contribution in [3.63, 3.8) is 0 Å². The number of nitrogens with zero attached hydrogens (tertiary/aromatic N) is 3. The SMILES string of the molecule is CCCc1nc2c(c(=O)[nH]1)CN(Cc1c(CO)cnc(C)c1O)CC2. The molecule has 3 rings (SSSR count). The maximum Gasteiger partial charge on any atom is 0.255 e. The van der Waals surface area contributed by atoms with Crippen LogP contribution >= 0.6 is 0 Å². The first-order chi connectivity index (χ1) is 12.0. The molecule has 1 aliphatic heterocycles. The van der Waals surface area contributed by atoms with Crippen LogP contribution in [0.2, 0.25) is 0 Å². The Morgan fingerprint density at radius 3 is 2.92 bits per heavy atom. The molecular weight excluding hydrogens is 320 g/mol. The minimum absolute atomic E-state index is 0.0735. The number of aromatic hydroxyl groups is 1. The fourth-order valence-electron chi connectivity index (χ4n) is 3.24. The van der Waals surface area contributed by atoms with Crippen LogP contribution in [0.5, 0.6) is 5.75 Å². The number of aliphatic hydroxyl groups is 1. The Morgan fingerprint density at radius 1 is 1.40 bits per heavy atom. The number of hydrogen-bond acceptors (Lipinski definition) is 6. The van der Waals surface area contributed by atoms with Crippen molar-refractivity contribution in [3.05, 3.63) is 50.5 Å². The van der Waals surface area contributed by atoms with Gasteiger partial charge in [-0.15, -0.1) is 0 Å². The lowest BCUT2D eigenvalue weighted by atomic mass is 10.0. The third kappa shape index (κ3) is 3.57. The molecule has 0 spiro atoms. The van der Waals surface area contributed by atoms with Crippen molar-refractivity contribution in [1.82, 2.24) is 19.9 Å². The molecule has 0 atom stereocenters. The van der Waals surface area contributed by atoms with Crippen molar-refractivity contribution < 1.29 is 10.2 Å². The molecule has 25 heavy (non-hydrogen) atoms. The van der Waals surface area contributed by atoms with Gasteiger partial charge in [0.15, 0.2) is 0 Å². The number of aliphatic hydroxyl groups excluding tert-OH is 1. The second-order valence-electron chi connectivity index (χ2n) is 6.50. The fraction of sp³-hybridized carbons (Fsp3) is 0.500. The Balaban J connectivity index is 1.85. The lowest BCUT2D eigenvalue weighted by Crippen LogP contribution is -2.36. The van der Waals surface area contributed by atoms with Crippen molar-refractivity contribution in [2.24, 2.45) is 0 Å². The zero-order chi connectivity index (χ0) is 18.0.